The molecule has 0 unspecified atom stereocenters. The van der Waals surface area contributed by atoms with Crippen molar-refractivity contribution in [3.8, 4) is 10.8 Å². The van der Waals surface area contributed by atoms with Crippen LogP contribution in [0.2, 0.25) is 0 Å². The Bertz CT molecular complexity index is 979. The Morgan fingerprint density at radius 3 is 2.59 bits per heavy atom. The lowest BCUT2D eigenvalue weighted by Gasteiger charge is -2.06. The molecule has 3 aromatic rings. The molecular formula is C17H14N4O5S. The van der Waals surface area contributed by atoms with Crippen LogP contribution in [0.3, 0.4) is 0 Å². The fourth-order valence-corrected chi connectivity index (χ4v) is 2.88. The maximum atomic E-state index is 12.0. The van der Waals surface area contributed by atoms with Gasteiger partial charge >= 0.3 is 0 Å². The summed E-state index contributed by atoms with van der Waals surface area (Å²) in [5.74, 6) is -0.0933. The molecule has 27 heavy (non-hydrogen) atoms. The zero-order chi connectivity index (χ0) is 19.4. The summed E-state index contributed by atoms with van der Waals surface area (Å²) in [7, 11) is 0. The number of nitrogens with zero attached hydrogens (tertiary/aromatic N) is 2. The van der Waals surface area contributed by atoms with Crippen LogP contribution >= 0.6 is 11.3 Å². The highest BCUT2D eigenvalue weighted by Gasteiger charge is 2.16. The molecule has 2 aromatic heterocycles. The summed E-state index contributed by atoms with van der Waals surface area (Å²) >= 11 is 1.48. The van der Waals surface area contributed by atoms with Gasteiger partial charge in [-0.2, -0.15) is 0 Å². The Kier molecular flexibility index (Phi) is 5.27. The van der Waals surface area contributed by atoms with E-state index in [9.17, 15) is 19.7 Å². The molecule has 0 saturated carbocycles. The van der Waals surface area contributed by atoms with Gasteiger partial charge < -0.3 is 4.42 Å². The van der Waals surface area contributed by atoms with Gasteiger partial charge in [0.15, 0.2) is 0 Å². The molecule has 2 N–H and O–H groups in total. The SMILES string of the molecule is Cc1oc(-c2cccs2)nc1CC(=O)NNC(=O)c1ccc([N+](=O)[O-])cc1. The average molecular weight is 386 g/mol. The minimum absolute atomic E-state index is 0.0682. The van der Waals surface area contributed by atoms with Crippen molar-refractivity contribution in [3.63, 3.8) is 0 Å². The number of rotatable bonds is 5. The molecule has 0 spiro atoms. The number of hydrogen-bond donors (Lipinski definition) is 2. The smallest absolute Gasteiger partial charge is 0.269 e. The molecule has 0 aliphatic carbocycles. The first-order valence-corrected chi connectivity index (χ1v) is 8.66. The summed E-state index contributed by atoms with van der Waals surface area (Å²) in [5.41, 5.74) is 5.07. The first kappa shape index (κ1) is 18.3. The van der Waals surface area contributed by atoms with Gasteiger partial charge in [-0.15, -0.1) is 11.3 Å². The number of nitrogens with one attached hydrogen (secondary N) is 2. The second-order valence-electron chi connectivity index (χ2n) is 5.48. The van der Waals surface area contributed by atoms with Gasteiger partial charge in [-0.05, 0) is 30.5 Å². The number of carbonyl (C=O) groups excluding carboxylic acids is 2. The van der Waals surface area contributed by atoms with E-state index in [4.69, 9.17) is 4.42 Å². The molecule has 2 amide bonds. The van der Waals surface area contributed by atoms with Crippen LogP contribution in [0.25, 0.3) is 10.8 Å². The molecule has 10 heteroatoms. The van der Waals surface area contributed by atoms with Crippen molar-refractivity contribution in [3.05, 3.63) is 68.9 Å². The topological polar surface area (TPSA) is 127 Å². The third-order valence-corrected chi connectivity index (χ3v) is 4.47. The standard InChI is InChI=1S/C17H14N4O5S/c1-10-13(18-17(26-10)14-3-2-8-27-14)9-15(22)19-20-16(23)11-4-6-12(7-5-11)21(24)25/h2-8H,9H2,1H3,(H,19,22)(H,20,23). The monoisotopic (exact) mass is 386 g/mol. The van der Waals surface area contributed by atoms with Crippen LogP contribution in [0.5, 0.6) is 0 Å². The Morgan fingerprint density at radius 1 is 1.22 bits per heavy atom. The number of benzene rings is 1. The van der Waals surface area contributed by atoms with E-state index in [-0.39, 0.29) is 17.7 Å². The molecule has 138 valence electrons. The van der Waals surface area contributed by atoms with Gasteiger partial charge in [0.05, 0.1) is 21.9 Å². The molecule has 0 saturated heterocycles. The number of nitro groups is 1. The molecule has 9 nitrogen and oxygen atoms in total. The Morgan fingerprint density at radius 2 is 1.96 bits per heavy atom. The van der Waals surface area contributed by atoms with Crippen molar-refractivity contribution in [2.75, 3.05) is 0 Å². The number of non-ortho nitro benzene ring substituents is 1. The molecule has 0 bridgehead atoms. The van der Waals surface area contributed by atoms with E-state index in [2.05, 4.69) is 15.8 Å². The maximum absolute atomic E-state index is 12.0. The second kappa shape index (κ2) is 7.79. The zero-order valence-corrected chi connectivity index (χ0v) is 14.9. The first-order valence-electron chi connectivity index (χ1n) is 7.78. The molecule has 0 atom stereocenters. The maximum Gasteiger partial charge on any atom is 0.269 e. The van der Waals surface area contributed by atoms with Gasteiger partial charge in [-0.1, -0.05) is 6.07 Å². The number of nitro benzene ring substituents is 1. The summed E-state index contributed by atoms with van der Waals surface area (Å²) in [6.45, 7) is 1.71. The lowest BCUT2D eigenvalue weighted by molar-refractivity contribution is -0.384. The van der Waals surface area contributed by atoms with E-state index in [1.807, 2.05) is 17.5 Å². The Hall–Kier alpha value is -3.53. The second-order valence-corrected chi connectivity index (χ2v) is 6.43. The highest BCUT2D eigenvalue weighted by Crippen LogP contribution is 2.26. The largest absolute Gasteiger partial charge is 0.440 e. The van der Waals surface area contributed by atoms with Crippen LogP contribution in [0, 0.1) is 17.0 Å². The fourth-order valence-electron chi connectivity index (χ4n) is 2.23. The molecule has 0 aliphatic heterocycles. The van der Waals surface area contributed by atoms with Gasteiger partial charge in [0, 0.05) is 17.7 Å². The minimum Gasteiger partial charge on any atom is -0.440 e. The number of aryl methyl sites for hydroxylation is 1. The normalized spacial score (nSPS) is 10.4. The van der Waals surface area contributed by atoms with Crippen molar-refractivity contribution in [1.82, 2.24) is 15.8 Å². The van der Waals surface area contributed by atoms with E-state index in [0.29, 0.717) is 17.3 Å². The van der Waals surface area contributed by atoms with Gasteiger partial charge in [0.25, 0.3) is 11.6 Å². The highest BCUT2D eigenvalue weighted by molar-refractivity contribution is 7.13. The first-order chi connectivity index (χ1) is 12.9. The van der Waals surface area contributed by atoms with E-state index < -0.39 is 16.7 Å². The zero-order valence-electron chi connectivity index (χ0n) is 14.1. The molecule has 0 radical (unpaired) electrons. The van der Waals surface area contributed by atoms with Crippen LogP contribution in [-0.4, -0.2) is 21.7 Å². The number of amides is 2. The minimum atomic E-state index is -0.589. The van der Waals surface area contributed by atoms with Gasteiger partial charge in [0.1, 0.15) is 5.76 Å². The quantitative estimate of drug-likeness (QED) is 0.512. The van der Waals surface area contributed by atoms with Crippen molar-refractivity contribution in [2.45, 2.75) is 13.3 Å². The van der Waals surface area contributed by atoms with Gasteiger partial charge in [-0.3, -0.25) is 30.6 Å². The van der Waals surface area contributed by atoms with Crippen LogP contribution < -0.4 is 10.9 Å². The third-order valence-electron chi connectivity index (χ3n) is 3.61. The number of hydrogen-bond acceptors (Lipinski definition) is 7. The molecule has 0 aliphatic rings. The number of hydrazine groups is 1. The van der Waals surface area contributed by atoms with Gasteiger partial charge in [-0.25, -0.2) is 4.98 Å². The highest BCUT2D eigenvalue weighted by atomic mass is 32.1. The number of aromatic nitrogens is 1. The summed E-state index contributed by atoms with van der Waals surface area (Å²) in [6.07, 6.45) is -0.0682. The van der Waals surface area contributed by atoms with Crippen molar-refractivity contribution in [1.29, 1.82) is 0 Å². The van der Waals surface area contributed by atoms with Crippen LogP contribution in [-0.2, 0) is 11.2 Å². The van der Waals surface area contributed by atoms with E-state index in [0.717, 1.165) is 4.88 Å². The average Bonchev–Trinajstić information content (AvgIpc) is 3.30. The van der Waals surface area contributed by atoms with Crippen LogP contribution in [0.4, 0.5) is 5.69 Å². The lowest BCUT2D eigenvalue weighted by atomic mass is 10.2. The Balaban J connectivity index is 1.56. The summed E-state index contributed by atoms with van der Waals surface area (Å²) < 4.78 is 5.56. The predicted octanol–water partition coefficient (Wildman–Crippen LogP) is 2.62. The Labute approximate surface area is 157 Å². The summed E-state index contributed by atoms with van der Waals surface area (Å²) in [6, 6.07) is 8.76. The summed E-state index contributed by atoms with van der Waals surface area (Å²) in [4.78, 5) is 39.2. The number of oxazole rings is 1. The van der Waals surface area contributed by atoms with Crippen molar-refractivity contribution >= 4 is 28.8 Å². The van der Waals surface area contributed by atoms with E-state index in [1.54, 1.807) is 6.92 Å². The predicted molar refractivity (Wildman–Crippen MR) is 97.0 cm³/mol. The van der Waals surface area contributed by atoms with Crippen LogP contribution in [0.15, 0.2) is 46.2 Å². The molecular weight excluding hydrogens is 372 g/mol. The number of carbonyl (C=O) groups is 2. The van der Waals surface area contributed by atoms with E-state index >= 15 is 0 Å². The van der Waals surface area contributed by atoms with E-state index in [1.165, 1.54) is 35.6 Å². The molecule has 2 heterocycles. The van der Waals surface area contributed by atoms with Crippen molar-refractivity contribution < 1.29 is 18.9 Å². The lowest BCUT2D eigenvalue weighted by Crippen LogP contribution is -2.42. The summed E-state index contributed by atoms with van der Waals surface area (Å²) in [5, 5.41) is 12.5. The van der Waals surface area contributed by atoms with Crippen LogP contribution in [0.1, 0.15) is 21.8 Å². The third kappa shape index (κ3) is 4.36. The molecule has 3 rings (SSSR count). The molecule has 0 fully saturated rings. The van der Waals surface area contributed by atoms with Gasteiger partial charge in [0.2, 0.25) is 11.8 Å². The fraction of sp³-hybridized carbons (Fsp3) is 0.118. The van der Waals surface area contributed by atoms with Crippen molar-refractivity contribution in [2.24, 2.45) is 0 Å². The number of thiophene rings is 1. The molecule has 1 aromatic carbocycles.